The van der Waals surface area contributed by atoms with Gasteiger partial charge in [0.1, 0.15) is 6.10 Å². The number of amides is 1. The molecule has 1 aliphatic carbocycles. The molecule has 1 saturated carbocycles. The Hall–Kier alpha value is -0.520. The van der Waals surface area contributed by atoms with Gasteiger partial charge in [-0.05, 0) is 46.5 Å². The monoisotopic (exact) mass is 347 g/mol. The minimum Gasteiger partial charge on any atom is -0.446 e. The number of carbonyl (C=O) groups is 1. The van der Waals surface area contributed by atoms with Crippen molar-refractivity contribution in [2.24, 2.45) is 0 Å². The largest absolute Gasteiger partial charge is 0.446 e. The summed E-state index contributed by atoms with van der Waals surface area (Å²) >= 11 is 0. The van der Waals surface area contributed by atoms with Crippen LogP contribution in [-0.2, 0) is 4.74 Å². The highest BCUT2D eigenvalue weighted by atomic mass is 35.5. The lowest BCUT2D eigenvalue weighted by molar-refractivity contribution is 0.0329. The van der Waals surface area contributed by atoms with Crippen molar-refractivity contribution in [1.82, 2.24) is 15.1 Å². The number of nitrogens with zero attached hydrogens (tertiary/aromatic N) is 2. The summed E-state index contributed by atoms with van der Waals surface area (Å²) in [5.41, 5.74) is 0.172. The first-order valence-electron chi connectivity index (χ1n) is 8.87. The van der Waals surface area contributed by atoms with Gasteiger partial charge >= 0.3 is 6.09 Å². The molecule has 0 bridgehead atoms. The van der Waals surface area contributed by atoms with E-state index < -0.39 is 0 Å². The van der Waals surface area contributed by atoms with Crippen molar-refractivity contribution in [3.8, 4) is 0 Å². The van der Waals surface area contributed by atoms with E-state index in [1.165, 1.54) is 19.3 Å². The number of hydrogen-bond donors (Lipinski definition) is 1. The lowest BCUT2D eigenvalue weighted by Gasteiger charge is -2.35. The van der Waals surface area contributed by atoms with Crippen LogP contribution in [0.1, 0.15) is 52.9 Å². The highest BCUT2D eigenvalue weighted by molar-refractivity contribution is 5.85. The molecular weight excluding hydrogens is 314 g/mol. The fourth-order valence-corrected chi connectivity index (χ4v) is 3.14. The minimum atomic E-state index is -0.0978. The van der Waals surface area contributed by atoms with E-state index in [4.69, 9.17) is 4.74 Å². The van der Waals surface area contributed by atoms with Crippen molar-refractivity contribution >= 4 is 18.5 Å². The van der Waals surface area contributed by atoms with E-state index in [1.807, 2.05) is 4.90 Å². The maximum absolute atomic E-state index is 12.2. The van der Waals surface area contributed by atoms with E-state index >= 15 is 0 Å². The quantitative estimate of drug-likeness (QED) is 0.849. The van der Waals surface area contributed by atoms with Gasteiger partial charge in [-0.3, -0.25) is 4.90 Å². The number of carbonyl (C=O) groups excluding carboxylic acids is 1. The minimum absolute atomic E-state index is 0. The molecule has 2 fully saturated rings. The zero-order valence-corrected chi connectivity index (χ0v) is 15.8. The fraction of sp³-hybridized carbons (Fsp3) is 0.941. The van der Waals surface area contributed by atoms with Crippen LogP contribution in [0.15, 0.2) is 0 Å². The Morgan fingerprint density at radius 2 is 1.70 bits per heavy atom. The summed E-state index contributed by atoms with van der Waals surface area (Å²) in [5, 5.41) is 3.51. The van der Waals surface area contributed by atoms with Gasteiger partial charge in [0.05, 0.1) is 0 Å². The number of nitrogens with one attached hydrogen (secondary N) is 1. The Balaban J connectivity index is 0.00000264. The zero-order chi connectivity index (χ0) is 16.0. The molecule has 0 unspecified atom stereocenters. The topological polar surface area (TPSA) is 44.8 Å². The third-order valence-electron chi connectivity index (χ3n) is 4.53. The summed E-state index contributed by atoms with van der Waals surface area (Å²) in [6.45, 7) is 12.1. The Kier molecular flexibility index (Phi) is 8.65. The Morgan fingerprint density at radius 1 is 1.09 bits per heavy atom. The van der Waals surface area contributed by atoms with Gasteiger partial charge in [0.2, 0.25) is 0 Å². The molecule has 0 atom stereocenters. The van der Waals surface area contributed by atoms with Gasteiger partial charge in [0.15, 0.2) is 0 Å². The Labute approximate surface area is 147 Å². The van der Waals surface area contributed by atoms with Crippen LogP contribution in [-0.4, -0.2) is 66.8 Å². The Bertz CT molecular complexity index is 346. The average molecular weight is 348 g/mol. The second-order valence-electron chi connectivity index (χ2n) is 7.65. The fourth-order valence-electron chi connectivity index (χ4n) is 3.14. The summed E-state index contributed by atoms with van der Waals surface area (Å²) in [4.78, 5) is 16.5. The van der Waals surface area contributed by atoms with E-state index in [-0.39, 0.29) is 30.1 Å². The SMILES string of the molecule is CC(C)(C)NCCN1CCN(C(=O)OC2CCCCC2)CC1.Cl. The number of halogens is 1. The predicted octanol–water partition coefficient (Wildman–Crippen LogP) is 2.88. The molecule has 0 aromatic rings. The molecular formula is C17H34ClN3O2. The molecule has 0 aromatic carbocycles. The summed E-state index contributed by atoms with van der Waals surface area (Å²) in [6, 6.07) is 0. The smallest absolute Gasteiger partial charge is 0.410 e. The van der Waals surface area contributed by atoms with Gasteiger partial charge in [0.25, 0.3) is 0 Å². The van der Waals surface area contributed by atoms with Crippen molar-refractivity contribution < 1.29 is 9.53 Å². The molecule has 1 aliphatic heterocycles. The lowest BCUT2D eigenvalue weighted by atomic mass is 9.98. The van der Waals surface area contributed by atoms with Crippen LogP contribution >= 0.6 is 12.4 Å². The van der Waals surface area contributed by atoms with Gasteiger partial charge < -0.3 is 15.0 Å². The van der Waals surface area contributed by atoms with Crippen LogP contribution in [0.4, 0.5) is 4.79 Å². The first-order chi connectivity index (χ1) is 10.4. The third kappa shape index (κ3) is 7.73. The van der Waals surface area contributed by atoms with E-state index in [0.29, 0.717) is 0 Å². The van der Waals surface area contributed by atoms with E-state index in [0.717, 1.165) is 52.1 Å². The molecule has 0 aromatic heterocycles. The molecule has 6 heteroatoms. The third-order valence-corrected chi connectivity index (χ3v) is 4.53. The van der Waals surface area contributed by atoms with E-state index in [9.17, 15) is 4.79 Å². The molecule has 1 saturated heterocycles. The van der Waals surface area contributed by atoms with Crippen LogP contribution in [0.5, 0.6) is 0 Å². The van der Waals surface area contributed by atoms with Crippen LogP contribution in [0, 0.1) is 0 Å². The van der Waals surface area contributed by atoms with Gasteiger partial charge in [-0.1, -0.05) is 6.42 Å². The van der Waals surface area contributed by atoms with Gasteiger partial charge in [-0.2, -0.15) is 0 Å². The van der Waals surface area contributed by atoms with Crippen LogP contribution in [0.3, 0.4) is 0 Å². The second-order valence-corrected chi connectivity index (χ2v) is 7.65. The number of piperazine rings is 1. The van der Waals surface area contributed by atoms with Gasteiger partial charge in [-0.25, -0.2) is 4.79 Å². The van der Waals surface area contributed by atoms with Gasteiger partial charge in [-0.15, -0.1) is 12.4 Å². The second kappa shape index (κ2) is 9.70. The summed E-state index contributed by atoms with van der Waals surface area (Å²) in [7, 11) is 0. The molecule has 5 nitrogen and oxygen atoms in total. The molecule has 2 rings (SSSR count). The highest BCUT2D eigenvalue weighted by Crippen LogP contribution is 2.21. The molecule has 1 amide bonds. The first-order valence-corrected chi connectivity index (χ1v) is 8.87. The van der Waals surface area contributed by atoms with Crippen LogP contribution < -0.4 is 5.32 Å². The van der Waals surface area contributed by atoms with Crippen molar-refractivity contribution in [3.63, 3.8) is 0 Å². The number of rotatable bonds is 4. The normalized spacial score (nSPS) is 20.9. The van der Waals surface area contributed by atoms with Crippen molar-refractivity contribution in [1.29, 1.82) is 0 Å². The molecule has 1 N–H and O–H groups in total. The van der Waals surface area contributed by atoms with Crippen LogP contribution in [0.25, 0.3) is 0 Å². The van der Waals surface area contributed by atoms with Crippen molar-refractivity contribution in [2.75, 3.05) is 39.3 Å². The number of hydrogen-bond acceptors (Lipinski definition) is 4. The number of ether oxygens (including phenoxy) is 1. The molecule has 0 radical (unpaired) electrons. The van der Waals surface area contributed by atoms with Gasteiger partial charge in [0, 0.05) is 44.8 Å². The summed E-state index contributed by atoms with van der Waals surface area (Å²) in [6.07, 6.45) is 5.84. The zero-order valence-electron chi connectivity index (χ0n) is 15.0. The summed E-state index contributed by atoms with van der Waals surface area (Å²) in [5.74, 6) is 0. The highest BCUT2D eigenvalue weighted by Gasteiger charge is 2.25. The molecule has 2 aliphatic rings. The Morgan fingerprint density at radius 3 is 2.26 bits per heavy atom. The maximum atomic E-state index is 12.2. The van der Waals surface area contributed by atoms with E-state index in [1.54, 1.807) is 0 Å². The van der Waals surface area contributed by atoms with Crippen LogP contribution in [0.2, 0.25) is 0 Å². The standard InChI is InChI=1S/C17H33N3O2.ClH/c1-17(2,3)18-9-10-19-11-13-20(14-12-19)16(21)22-15-7-5-4-6-8-15;/h15,18H,4-14H2,1-3H3;1H. The molecule has 23 heavy (non-hydrogen) atoms. The summed E-state index contributed by atoms with van der Waals surface area (Å²) < 4.78 is 5.65. The maximum Gasteiger partial charge on any atom is 0.410 e. The predicted molar refractivity (Wildman–Crippen MR) is 96.4 cm³/mol. The van der Waals surface area contributed by atoms with Crippen molar-refractivity contribution in [2.45, 2.75) is 64.5 Å². The molecule has 0 spiro atoms. The molecule has 136 valence electrons. The van der Waals surface area contributed by atoms with E-state index in [2.05, 4.69) is 31.0 Å². The van der Waals surface area contributed by atoms with Crippen molar-refractivity contribution in [3.05, 3.63) is 0 Å². The lowest BCUT2D eigenvalue weighted by Crippen LogP contribution is -2.51. The first kappa shape index (κ1) is 20.5. The molecule has 1 heterocycles. The average Bonchev–Trinajstić information content (AvgIpc) is 2.47.